The Morgan fingerprint density at radius 3 is 2.39 bits per heavy atom. The Labute approximate surface area is 194 Å². The van der Waals surface area contributed by atoms with Gasteiger partial charge in [0.05, 0.1) is 11.6 Å². The van der Waals surface area contributed by atoms with E-state index in [1.54, 1.807) is 24.0 Å². The first-order valence-electron chi connectivity index (χ1n) is 11.6. The number of aryl methyl sites for hydroxylation is 2. The van der Waals surface area contributed by atoms with Gasteiger partial charge < -0.3 is 14.7 Å². The minimum atomic E-state index is -0.480. The Morgan fingerprint density at radius 1 is 1.00 bits per heavy atom. The van der Waals surface area contributed by atoms with E-state index in [1.807, 2.05) is 23.1 Å². The molecule has 1 unspecified atom stereocenters. The Hall–Kier alpha value is -3.22. The summed E-state index contributed by atoms with van der Waals surface area (Å²) in [5.74, 6) is -1.13. The van der Waals surface area contributed by atoms with E-state index in [1.165, 1.54) is 16.5 Å². The van der Waals surface area contributed by atoms with Gasteiger partial charge in [-0.3, -0.25) is 14.4 Å². The maximum absolute atomic E-state index is 14.3. The fourth-order valence-electron chi connectivity index (χ4n) is 4.62. The summed E-state index contributed by atoms with van der Waals surface area (Å²) in [4.78, 5) is 43.0. The summed E-state index contributed by atoms with van der Waals surface area (Å²) < 4.78 is 14.3. The number of nitrogens with zero attached hydrogens (tertiary/aromatic N) is 3. The van der Waals surface area contributed by atoms with Crippen molar-refractivity contribution in [1.82, 2.24) is 9.80 Å². The van der Waals surface area contributed by atoms with Gasteiger partial charge >= 0.3 is 0 Å². The fourth-order valence-corrected chi connectivity index (χ4v) is 4.62. The van der Waals surface area contributed by atoms with Crippen molar-refractivity contribution in [3.8, 4) is 0 Å². The Kier molecular flexibility index (Phi) is 7.06. The standard InChI is InChI=1S/C26H30FN3O3/c1-19-10-11-23(22(27)16-19)30-18-21(17-25(30)32)26(33)29-14-12-28(13-15-29)24(31)9-5-8-20-6-3-2-4-7-20/h2-4,6-7,10-11,16,21H,5,8-9,12-15,17-18H2,1H3. The number of benzene rings is 2. The second-order valence-electron chi connectivity index (χ2n) is 8.91. The first-order valence-corrected chi connectivity index (χ1v) is 11.6. The summed E-state index contributed by atoms with van der Waals surface area (Å²) in [6.07, 6.45) is 2.26. The summed E-state index contributed by atoms with van der Waals surface area (Å²) in [7, 11) is 0. The minimum absolute atomic E-state index is 0.0881. The van der Waals surface area contributed by atoms with E-state index in [4.69, 9.17) is 0 Å². The quantitative estimate of drug-likeness (QED) is 0.678. The molecule has 1 atom stereocenters. The van der Waals surface area contributed by atoms with Gasteiger partial charge in [0.2, 0.25) is 17.7 Å². The number of hydrogen-bond acceptors (Lipinski definition) is 3. The highest BCUT2D eigenvalue weighted by atomic mass is 19.1. The summed E-state index contributed by atoms with van der Waals surface area (Å²) in [5, 5.41) is 0. The molecule has 2 fully saturated rings. The zero-order chi connectivity index (χ0) is 23.4. The summed E-state index contributed by atoms with van der Waals surface area (Å²) >= 11 is 0. The van der Waals surface area contributed by atoms with Crippen LogP contribution in [0.2, 0.25) is 0 Å². The van der Waals surface area contributed by atoms with E-state index in [0.717, 1.165) is 18.4 Å². The average Bonchev–Trinajstić information content (AvgIpc) is 3.20. The largest absolute Gasteiger partial charge is 0.339 e. The lowest BCUT2D eigenvalue weighted by Crippen LogP contribution is -2.52. The zero-order valence-electron chi connectivity index (χ0n) is 19.0. The van der Waals surface area contributed by atoms with Crippen LogP contribution in [0.3, 0.4) is 0 Å². The number of piperazine rings is 1. The third-order valence-electron chi connectivity index (χ3n) is 6.51. The van der Waals surface area contributed by atoms with Crippen LogP contribution in [0.1, 0.15) is 30.4 Å². The molecule has 33 heavy (non-hydrogen) atoms. The second kappa shape index (κ2) is 10.1. The van der Waals surface area contributed by atoms with Gasteiger partial charge in [-0.2, -0.15) is 0 Å². The molecule has 2 saturated heterocycles. The number of hydrogen-bond donors (Lipinski definition) is 0. The van der Waals surface area contributed by atoms with E-state index in [-0.39, 0.29) is 36.4 Å². The number of anilines is 1. The number of rotatable bonds is 6. The van der Waals surface area contributed by atoms with Gasteiger partial charge in [0, 0.05) is 45.6 Å². The molecule has 6 nitrogen and oxygen atoms in total. The molecule has 0 radical (unpaired) electrons. The lowest BCUT2D eigenvalue weighted by atomic mass is 10.1. The van der Waals surface area contributed by atoms with Gasteiger partial charge in [0.15, 0.2) is 0 Å². The van der Waals surface area contributed by atoms with Crippen LogP contribution in [0.4, 0.5) is 10.1 Å². The zero-order valence-corrected chi connectivity index (χ0v) is 19.0. The summed E-state index contributed by atoms with van der Waals surface area (Å²) in [6, 6.07) is 14.9. The number of carbonyl (C=O) groups is 3. The molecule has 3 amide bonds. The van der Waals surface area contributed by atoms with Crippen molar-refractivity contribution in [2.75, 3.05) is 37.6 Å². The van der Waals surface area contributed by atoms with Crippen LogP contribution in [0.15, 0.2) is 48.5 Å². The van der Waals surface area contributed by atoms with Crippen LogP contribution in [-0.4, -0.2) is 60.2 Å². The van der Waals surface area contributed by atoms with Gasteiger partial charge in [-0.1, -0.05) is 36.4 Å². The molecule has 174 valence electrons. The average molecular weight is 452 g/mol. The molecule has 0 spiro atoms. The van der Waals surface area contributed by atoms with E-state index < -0.39 is 11.7 Å². The molecule has 2 aromatic carbocycles. The minimum Gasteiger partial charge on any atom is -0.339 e. The second-order valence-corrected chi connectivity index (χ2v) is 8.91. The normalized spacial score (nSPS) is 18.7. The fraction of sp³-hybridized carbons (Fsp3) is 0.423. The number of carbonyl (C=O) groups excluding carboxylic acids is 3. The molecule has 0 aliphatic carbocycles. The lowest BCUT2D eigenvalue weighted by molar-refractivity contribution is -0.142. The van der Waals surface area contributed by atoms with Crippen LogP contribution < -0.4 is 4.90 Å². The molecule has 7 heteroatoms. The maximum atomic E-state index is 14.3. The molecule has 0 aromatic heterocycles. The highest BCUT2D eigenvalue weighted by Gasteiger charge is 2.39. The maximum Gasteiger partial charge on any atom is 0.228 e. The van der Waals surface area contributed by atoms with Crippen molar-refractivity contribution in [1.29, 1.82) is 0 Å². The van der Waals surface area contributed by atoms with E-state index in [2.05, 4.69) is 12.1 Å². The Morgan fingerprint density at radius 2 is 1.70 bits per heavy atom. The molecule has 2 aliphatic heterocycles. The topological polar surface area (TPSA) is 60.9 Å². The van der Waals surface area contributed by atoms with Gasteiger partial charge in [-0.15, -0.1) is 0 Å². The van der Waals surface area contributed by atoms with Crippen LogP contribution >= 0.6 is 0 Å². The molecule has 4 rings (SSSR count). The van der Waals surface area contributed by atoms with Crippen LogP contribution in [0.5, 0.6) is 0 Å². The van der Waals surface area contributed by atoms with E-state index >= 15 is 0 Å². The third-order valence-corrected chi connectivity index (χ3v) is 6.51. The van der Waals surface area contributed by atoms with Crippen LogP contribution in [0.25, 0.3) is 0 Å². The molecule has 2 aromatic rings. The van der Waals surface area contributed by atoms with E-state index in [9.17, 15) is 18.8 Å². The first-order chi connectivity index (χ1) is 15.9. The molecule has 0 bridgehead atoms. The Balaban J connectivity index is 1.25. The van der Waals surface area contributed by atoms with Crippen molar-refractivity contribution in [2.45, 2.75) is 32.6 Å². The summed E-state index contributed by atoms with van der Waals surface area (Å²) in [5.41, 5.74) is 2.24. The monoisotopic (exact) mass is 451 g/mol. The summed E-state index contributed by atoms with van der Waals surface area (Å²) in [6.45, 7) is 3.92. The van der Waals surface area contributed by atoms with Crippen LogP contribution in [0, 0.1) is 18.7 Å². The van der Waals surface area contributed by atoms with Crippen molar-refractivity contribution in [3.63, 3.8) is 0 Å². The number of amides is 3. The molecule has 2 aliphatic rings. The molecule has 0 N–H and O–H groups in total. The molecular formula is C26H30FN3O3. The smallest absolute Gasteiger partial charge is 0.228 e. The predicted octanol–water partition coefficient (Wildman–Crippen LogP) is 3.18. The van der Waals surface area contributed by atoms with Crippen molar-refractivity contribution >= 4 is 23.4 Å². The van der Waals surface area contributed by atoms with Gasteiger partial charge in [-0.05, 0) is 43.0 Å². The van der Waals surface area contributed by atoms with Crippen molar-refractivity contribution < 1.29 is 18.8 Å². The highest BCUT2D eigenvalue weighted by molar-refractivity contribution is 6.00. The lowest BCUT2D eigenvalue weighted by Gasteiger charge is -2.36. The van der Waals surface area contributed by atoms with E-state index in [0.29, 0.717) is 32.6 Å². The van der Waals surface area contributed by atoms with Gasteiger partial charge in [0.1, 0.15) is 5.82 Å². The Bertz CT molecular complexity index is 1020. The SMILES string of the molecule is Cc1ccc(N2CC(C(=O)N3CCN(C(=O)CCCc4ccccc4)CC3)CC2=O)c(F)c1. The van der Waals surface area contributed by atoms with Crippen LogP contribution in [-0.2, 0) is 20.8 Å². The highest BCUT2D eigenvalue weighted by Crippen LogP contribution is 2.29. The third kappa shape index (κ3) is 5.41. The molecule has 2 heterocycles. The predicted molar refractivity (Wildman–Crippen MR) is 124 cm³/mol. The van der Waals surface area contributed by atoms with Gasteiger partial charge in [-0.25, -0.2) is 4.39 Å². The molecule has 0 saturated carbocycles. The first kappa shape index (κ1) is 23.0. The number of halogens is 1. The molecular weight excluding hydrogens is 421 g/mol. The van der Waals surface area contributed by atoms with Crippen molar-refractivity contribution in [3.05, 3.63) is 65.5 Å². The van der Waals surface area contributed by atoms with Crippen molar-refractivity contribution in [2.24, 2.45) is 5.92 Å². The van der Waals surface area contributed by atoms with Gasteiger partial charge in [0.25, 0.3) is 0 Å².